The highest BCUT2D eigenvalue weighted by Gasteiger charge is 2.24. The molecule has 1 aliphatic carbocycles. The molecule has 1 heterocycles. The third kappa shape index (κ3) is 3.35. The number of imidazole rings is 1. The number of aryl methyl sites for hydroxylation is 1. The zero-order valence-corrected chi connectivity index (χ0v) is 12.0. The van der Waals surface area contributed by atoms with Crippen molar-refractivity contribution in [2.24, 2.45) is 11.8 Å². The van der Waals surface area contributed by atoms with E-state index in [1.54, 1.807) is 0 Å². The van der Waals surface area contributed by atoms with Crippen LogP contribution in [-0.2, 0) is 13.1 Å². The summed E-state index contributed by atoms with van der Waals surface area (Å²) in [7, 11) is 0. The topological polar surface area (TPSA) is 29.9 Å². The van der Waals surface area contributed by atoms with Crippen molar-refractivity contribution in [3.05, 3.63) is 18.2 Å². The minimum Gasteiger partial charge on any atom is -0.333 e. The van der Waals surface area contributed by atoms with E-state index < -0.39 is 0 Å². The van der Waals surface area contributed by atoms with Gasteiger partial charge in [-0.05, 0) is 37.5 Å². The molecule has 3 atom stereocenters. The van der Waals surface area contributed by atoms with Gasteiger partial charge in [-0.15, -0.1) is 0 Å². The summed E-state index contributed by atoms with van der Waals surface area (Å²) in [5.41, 5.74) is 1.32. The maximum Gasteiger partial charge on any atom is 0.0948 e. The molecule has 1 aromatic heterocycles. The van der Waals surface area contributed by atoms with Gasteiger partial charge < -0.3 is 9.88 Å². The lowest BCUT2D eigenvalue weighted by Gasteiger charge is -2.33. The van der Waals surface area contributed by atoms with Gasteiger partial charge >= 0.3 is 0 Å². The van der Waals surface area contributed by atoms with Gasteiger partial charge in [0.2, 0.25) is 0 Å². The molecule has 2 rings (SSSR count). The zero-order chi connectivity index (χ0) is 13.0. The first-order chi connectivity index (χ1) is 8.70. The van der Waals surface area contributed by atoms with Crippen molar-refractivity contribution < 1.29 is 0 Å². The summed E-state index contributed by atoms with van der Waals surface area (Å²) in [6, 6.07) is 0.686. The molecule has 0 amide bonds. The fourth-order valence-electron chi connectivity index (χ4n) is 3.14. The molecule has 1 aliphatic rings. The highest BCUT2D eigenvalue weighted by molar-refractivity contribution is 4.98. The minimum absolute atomic E-state index is 0.686. The Hall–Kier alpha value is -0.830. The monoisotopic (exact) mass is 249 g/mol. The van der Waals surface area contributed by atoms with Gasteiger partial charge in [-0.3, -0.25) is 0 Å². The summed E-state index contributed by atoms with van der Waals surface area (Å²) in [6.07, 6.45) is 9.18. The van der Waals surface area contributed by atoms with Crippen molar-refractivity contribution in [3.63, 3.8) is 0 Å². The predicted octanol–water partition coefficient (Wildman–Crippen LogP) is 3.21. The molecule has 3 unspecified atom stereocenters. The van der Waals surface area contributed by atoms with Gasteiger partial charge in [0.05, 0.1) is 12.0 Å². The maximum atomic E-state index is 4.26. The molecule has 0 aromatic carbocycles. The molecule has 102 valence electrons. The third-order valence-corrected chi connectivity index (χ3v) is 4.24. The Balaban J connectivity index is 1.85. The summed E-state index contributed by atoms with van der Waals surface area (Å²) >= 11 is 0. The van der Waals surface area contributed by atoms with Crippen LogP contribution >= 0.6 is 0 Å². The van der Waals surface area contributed by atoms with E-state index >= 15 is 0 Å². The maximum absolute atomic E-state index is 4.26. The van der Waals surface area contributed by atoms with Crippen molar-refractivity contribution in [1.29, 1.82) is 0 Å². The first-order valence-corrected chi connectivity index (χ1v) is 7.43. The van der Waals surface area contributed by atoms with Crippen LogP contribution in [0.15, 0.2) is 12.5 Å². The predicted molar refractivity (Wildman–Crippen MR) is 75.3 cm³/mol. The normalized spacial score (nSPS) is 28.5. The average molecular weight is 249 g/mol. The second kappa shape index (κ2) is 6.37. The van der Waals surface area contributed by atoms with Crippen LogP contribution in [0.5, 0.6) is 0 Å². The number of nitrogens with one attached hydrogen (secondary N) is 1. The minimum atomic E-state index is 0.686. The number of rotatable bonds is 5. The van der Waals surface area contributed by atoms with Crippen molar-refractivity contribution in [2.45, 2.75) is 65.6 Å². The smallest absolute Gasteiger partial charge is 0.0948 e. The molecule has 1 N–H and O–H groups in total. The molecule has 0 radical (unpaired) electrons. The van der Waals surface area contributed by atoms with E-state index in [0.717, 1.165) is 24.9 Å². The van der Waals surface area contributed by atoms with E-state index in [-0.39, 0.29) is 0 Å². The molecule has 3 heteroatoms. The number of aromatic nitrogens is 2. The Labute approximate surface area is 111 Å². The quantitative estimate of drug-likeness (QED) is 0.868. The van der Waals surface area contributed by atoms with E-state index in [4.69, 9.17) is 0 Å². The standard InChI is InChI=1S/C15H27N3/c1-4-7-18-11-16-9-14(18)10-17-15-6-5-12(2)8-13(15)3/h9,11-13,15,17H,4-8,10H2,1-3H3. The largest absolute Gasteiger partial charge is 0.333 e. The van der Waals surface area contributed by atoms with Gasteiger partial charge in [-0.2, -0.15) is 0 Å². The van der Waals surface area contributed by atoms with Crippen molar-refractivity contribution in [1.82, 2.24) is 14.9 Å². The van der Waals surface area contributed by atoms with Gasteiger partial charge in [0.25, 0.3) is 0 Å². The van der Waals surface area contributed by atoms with Crippen LogP contribution in [0.25, 0.3) is 0 Å². The lowest BCUT2D eigenvalue weighted by Crippen LogP contribution is -2.38. The molecule has 0 saturated heterocycles. The Bertz CT molecular complexity index is 358. The van der Waals surface area contributed by atoms with Gasteiger partial charge in [0.1, 0.15) is 0 Å². The number of hydrogen-bond donors (Lipinski definition) is 1. The second-order valence-electron chi connectivity index (χ2n) is 5.96. The van der Waals surface area contributed by atoms with E-state index in [0.29, 0.717) is 6.04 Å². The molecular formula is C15H27N3. The van der Waals surface area contributed by atoms with Crippen LogP contribution in [-0.4, -0.2) is 15.6 Å². The van der Waals surface area contributed by atoms with Gasteiger partial charge in [0.15, 0.2) is 0 Å². The van der Waals surface area contributed by atoms with Crippen LogP contribution in [0.3, 0.4) is 0 Å². The Kier molecular flexibility index (Phi) is 4.81. The van der Waals surface area contributed by atoms with Crippen LogP contribution in [0.2, 0.25) is 0 Å². The molecule has 18 heavy (non-hydrogen) atoms. The van der Waals surface area contributed by atoms with Crippen molar-refractivity contribution in [3.8, 4) is 0 Å². The SMILES string of the molecule is CCCn1cncc1CNC1CCC(C)CC1C. The van der Waals surface area contributed by atoms with E-state index in [9.17, 15) is 0 Å². The summed E-state index contributed by atoms with van der Waals surface area (Å²) in [5.74, 6) is 1.71. The van der Waals surface area contributed by atoms with E-state index in [1.165, 1.54) is 31.4 Å². The molecule has 1 fully saturated rings. The van der Waals surface area contributed by atoms with Crippen molar-refractivity contribution in [2.75, 3.05) is 0 Å². The first-order valence-electron chi connectivity index (χ1n) is 7.43. The summed E-state index contributed by atoms with van der Waals surface area (Å²) in [6.45, 7) is 9.01. The van der Waals surface area contributed by atoms with Crippen LogP contribution in [0.1, 0.15) is 52.1 Å². The number of hydrogen-bond acceptors (Lipinski definition) is 2. The van der Waals surface area contributed by atoms with Gasteiger partial charge in [-0.25, -0.2) is 4.98 Å². The first kappa shape index (κ1) is 13.6. The molecule has 3 nitrogen and oxygen atoms in total. The highest BCUT2D eigenvalue weighted by atomic mass is 15.1. The van der Waals surface area contributed by atoms with Gasteiger partial charge in [0, 0.05) is 25.3 Å². The van der Waals surface area contributed by atoms with E-state index in [2.05, 4.69) is 35.6 Å². The Morgan fingerprint density at radius 2 is 2.22 bits per heavy atom. The second-order valence-corrected chi connectivity index (χ2v) is 5.96. The molecule has 0 aliphatic heterocycles. The summed E-state index contributed by atoms with van der Waals surface area (Å²) < 4.78 is 2.27. The van der Waals surface area contributed by atoms with Crippen molar-refractivity contribution >= 4 is 0 Å². The fourth-order valence-corrected chi connectivity index (χ4v) is 3.14. The lowest BCUT2D eigenvalue weighted by atomic mass is 9.80. The molecule has 1 saturated carbocycles. The fraction of sp³-hybridized carbons (Fsp3) is 0.800. The lowest BCUT2D eigenvalue weighted by molar-refractivity contribution is 0.226. The van der Waals surface area contributed by atoms with E-state index in [1.807, 2.05) is 12.5 Å². The average Bonchev–Trinajstić information content (AvgIpc) is 2.76. The van der Waals surface area contributed by atoms with Crippen LogP contribution in [0.4, 0.5) is 0 Å². The molecule has 1 aromatic rings. The van der Waals surface area contributed by atoms with Crippen LogP contribution in [0, 0.1) is 11.8 Å². The number of nitrogens with zero attached hydrogens (tertiary/aromatic N) is 2. The summed E-state index contributed by atoms with van der Waals surface area (Å²) in [5, 5.41) is 3.73. The highest BCUT2D eigenvalue weighted by Crippen LogP contribution is 2.28. The zero-order valence-electron chi connectivity index (χ0n) is 12.0. The Morgan fingerprint density at radius 1 is 1.39 bits per heavy atom. The third-order valence-electron chi connectivity index (χ3n) is 4.24. The van der Waals surface area contributed by atoms with Crippen LogP contribution < -0.4 is 5.32 Å². The molecular weight excluding hydrogens is 222 g/mol. The summed E-state index contributed by atoms with van der Waals surface area (Å²) in [4.78, 5) is 4.26. The molecule has 0 spiro atoms. The molecule has 0 bridgehead atoms. The van der Waals surface area contributed by atoms with Gasteiger partial charge in [-0.1, -0.05) is 20.8 Å². The Morgan fingerprint density at radius 3 is 2.94 bits per heavy atom.